The number of hydrogen-bond donors (Lipinski definition) is 1. The van der Waals surface area contributed by atoms with E-state index in [1.165, 1.54) is 12.8 Å². The third-order valence-corrected chi connectivity index (χ3v) is 2.95. The Labute approximate surface area is 98.3 Å². The Kier molecular flexibility index (Phi) is 6.23. The molecule has 1 N–H and O–H groups in total. The number of rotatable bonds is 4. The van der Waals surface area contributed by atoms with Crippen LogP contribution in [0.3, 0.4) is 0 Å². The smallest absolute Gasteiger partial charge is 0.317 e. The van der Waals surface area contributed by atoms with Crippen molar-refractivity contribution in [1.29, 1.82) is 0 Å². The molecule has 0 radical (unpaired) electrons. The lowest BCUT2D eigenvalue weighted by Crippen LogP contribution is -2.42. The van der Waals surface area contributed by atoms with Gasteiger partial charge in [-0.25, -0.2) is 4.79 Å². The lowest BCUT2D eigenvalue weighted by molar-refractivity contribution is 0.155. The third kappa shape index (κ3) is 4.84. The minimum absolute atomic E-state index is 0.0878. The number of hydrogen-bond acceptors (Lipinski definition) is 2. The molecule has 0 aromatic carbocycles. The van der Waals surface area contributed by atoms with Gasteiger partial charge in [-0.3, -0.25) is 0 Å². The van der Waals surface area contributed by atoms with Crippen LogP contribution in [-0.4, -0.2) is 44.3 Å². The third-order valence-electron chi connectivity index (χ3n) is 2.95. The average Bonchev–Trinajstić information content (AvgIpc) is 2.55. The van der Waals surface area contributed by atoms with E-state index in [1.54, 1.807) is 7.11 Å². The zero-order valence-corrected chi connectivity index (χ0v) is 10.5. The SMILES string of the molecule is COCC(C)CNC(=O)N1CCCCCC1. The van der Waals surface area contributed by atoms with Gasteiger partial charge in [0, 0.05) is 26.7 Å². The van der Waals surface area contributed by atoms with Crippen molar-refractivity contribution in [3.8, 4) is 0 Å². The van der Waals surface area contributed by atoms with E-state index in [0.717, 1.165) is 25.9 Å². The van der Waals surface area contributed by atoms with Crippen LogP contribution in [0.5, 0.6) is 0 Å². The lowest BCUT2D eigenvalue weighted by Gasteiger charge is -2.22. The monoisotopic (exact) mass is 228 g/mol. The van der Waals surface area contributed by atoms with Crippen LogP contribution in [0.2, 0.25) is 0 Å². The van der Waals surface area contributed by atoms with Gasteiger partial charge >= 0.3 is 6.03 Å². The predicted molar refractivity (Wildman–Crippen MR) is 64.5 cm³/mol. The zero-order chi connectivity index (χ0) is 11.8. The molecule has 94 valence electrons. The van der Waals surface area contributed by atoms with Crippen LogP contribution >= 0.6 is 0 Å². The van der Waals surface area contributed by atoms with Crippen molar-refractivity contribution in [2.75, 3.05) is 33.4 Å². The highest BCUT2D eigenvalue weighted by molar-refractivity contribution is 5.74. The Morgan fingerprint density at radius 1 is 1.31 bits per heavy atom. The van der Waals surface area contributed by atoms with Gasteiger partial charge in [0.2, 0.25) is 0 Å². The fourth-order valence-electron chi connectivity index (χ4n) is 1.99. The molecule has 2 amide bonds. The van der Waals surface area contributed by atoms with Crippen molar-refractivity contribution >= 4 is 6.03 Å². The van der Waals surface area contributed by atoms with E-state index in [9.17, 15) is 4.79 Å². The van der Waals surface area contributed by atoms with Gasteiger partial charge in [-0.2, -0.15) is 0 Å². The van der Waals surface area contributed by atoms with Gasteiger partial charge in [0.25, 0.3) is 0 Å². The van der Waals surface area contributed by atoms with Crippen LogP contribution in [-0.2, 0) is 4.74 Å². The number of amides is 2. The molecule has 0 spiro atoms. The highest BCUT2D eigenvalue weighted by atomic mass is 16.5. The van der Waals surface area contributed by atoms with Crippen molar-refractivity contribution in [3.63, 3.8) is 0 Å². The Morgan fingerprint density at radius 2 is 1.94 bits per heavy atom. The molecule has 1 fully saturated rings. The molecule has 0 saturated carbocycles. The van der Waals surface area contributed by atoms with Crippen LogP contribution in [0.15, 0.2) is 0 Å². The van der Waals surface area contributed by atoms with Crippen molar-refractivity contribution in [3.05, 3.63) is 0 Å². The van der Waals surface area contributed by atoms with Crippen LogP contribution in [0, 0.1) is 5.92 Å². The fourth-order valence-corrected chi connectivity index (χ4v) is 1.99. The van der Waals surface area contributed by atoms with Crippen molar-refractivity contribution in [1.82, 2.24) is 10.2 Å². The zero-order valence-electron chi connectivity index (χ0n) is 10.5. The number of nitrogens with one attached hydrogen (secondary N) is 1. The number of urea groups is 1. The summed E-state index contributed by atoms with van der Waals surface area (Å²) in [5, 5.41) is 2.97. The molecule has 0 aromatic heterocycles. The first-order valence-electron chi connectivity index (χ1n) is 6.25. The molecule has 1 rings (SSSR count). The van der Waals surface area contributed by atoms with Gasteiger partial charge in [-0.05, 0) is 18.8 Å². The summed E-state index contributed by atoms with van der Waals surface area (Å²) >= 11 is 0. The number of carbonyl (C=O) groups excluding carboxylic acids is 1. The minimum Gasteiger partial charge on any atom is -0.384 e. The highest BCUT2D eigenvalue weighted by Crippen LogP contribution is 2.09. The second-order valence-corrected chi connectivity index (χ2v) is 4.65. The molecule has 0 aliphatic carbocycles. The van der Waals surface area contributed by atoms with Gasteiger partial charge in [0.1, 0.15) is 0 Å². The molecule has 1 atom stereocenters. The molecule has 1 saturated heterocycles. The summed E-state index contributed by atoms with van der Waals surface area (Å²) in [7, 11) is 1.69. The Bertz CT molecular complexity index is 201. The van der Waals surface area contributed by atoms with Gasteiger partial charge in [0.15, 0.2) is 0 Å². The van der Waals surface area contributed by atoms with Gasteiger partial charge in [-0.15, -0.1) is 0 Å². The van der Waals surface area contributed by atoms with E-state index >= 15 is 0 Å². The second-order valence-electron chi connectivity index (χ2n) is 4.65. The van der Waals surface area contributed by atoms with E-state index in [1.807, 2.05) is 4.90 Å². The van der Waals surface area contributed by atoms with Crippen molar-refractivity contribution in [2.24, 2.45) is 5.92 Å². The summed E-state index contributed by atoms with van der Waals surface area (Å²) < 4.78 is 5.04. The summed E-state index contributed by atoms with van der Waals surface area (Å²) in [5.74, 6) is 0.376. The number of methoxy groups -OCH3 is 1. The van der Waals surface area contributed by atoms with Crippen LogP contribution in [0.4, 0.5) is 4.79 Å². The van der Waals surface area contributed by atoms with Crippen molar-refractivity contribution < 1.29 is 9.53 Å². The summed E-state index contributed by atoms with van der Waals surface area (Å²) in [4.78, 5) is 13.8. The summed E-state index contributed by atoms with van der Waals surface area (Å²) in [5.41, 5.74) is 0. The van der Waals surface area contributed by atoms with Crippen LogP contribution in [0.25, 0.3) is 0 Å². The first-order chi connectivity index (χ1) is 7.74. The number of nitrogens with zero attached hydrogens (tertiary/aromatic N) is 1. The normalized spacial score (nSPS) is 19.0. The van der Waals surface area contributed by atoms with Crippen molar-refractivity contribution in [2.45, 2.75) is 32.6 Å². The van der Waals surface area contributed by atoms with E-state index in [2.05, 4.69) is 12.2 Å². The number of likely N-dealkylation sites (tertiary alicyclic amines) is 1. The molecule has 0 bridgehead atoms. The van der Waals surface area contributed by atoms with Crippen LogP contribution < -0.4 is 5.32 Å². The fraction of sp³-hybridized carbons (Fsp3) is 0.917. The van der Waals surface area contributed by atoms with E-state index in [0.29, 0.717) is 19.1 Å². The maximum Gasteiger partial charge on any atom is 0.317 e. The topological polar surface area (TPSA) is 41.6 Å². The van der Waals surface area contributed by atoms with Crippen LogP contribution in [0.1, 0.15) is 32.6 Å². The van der Waals surface area contributed by atoms with Gasteiger partial charge < -0.3 is 15.0 Å². The Morgan fingerprint density at radius 3 is 2.50 bits per heavy atom. The molecule has 4 nitrogen and oxygen atoms in total. The second kappa shape index (κ2) is 7.49. The number of ether oxygens (including phenoxy) is 1. The van der Waals surface area contributed by atoms with E-state index < -0.39 is 0 Å². The molecular formula is C12H24N2O2. The number of carbonyl (C=O) groups is 1. The molecule has 1 aliphatic rings. The molecular weight excluding hydrogens is 204 g/mol. The van der Waals surface area contributed by atoms with E-state index in [4.69, 9.17) is 4.74 Å². The van der Waals surface area contributed by atoms with E-state index in [-0.39, 0.29) is 6.03 Å². The largest absolute Gasteiger partial charge is 0.384 e. The molecule has 0 aromatic rings. The van der Waals surface area contributed by atoms with Gasteiger partial charge in [-0.1, -0.05) is 19.8 Å². The maximum atomic E-state index is 11.8. The molecule has 1 unspecified atom stereocenters. The maximum absolute atomic E-state index is 11.8. The quantitative estimate of drug-likeness (QED) is 0.798. The summed E-state index contributed by atoms with van der Waals surface area (Å²) in [6.07, 6.45) is 4.79. The summed E-state index contributed by atoms with van der Waals surface area (Å²) in [6, 6.07) is 0.0878. The molecule has 1 heterocycles. The molecule has 16 heavy (non-hydrogen) atoms. The Hall–Kier alpha value is -0.770. The minimum atomic E-state index is 0.0878. The Balaban J connectivity index is 2.22. The highest BCUT2D eigenvalue weighted by Gasteiger charge is 2.15. The first kappa shape index (κ1) is 13.3. The molecule has 4 heteroatoms. The lowest BCUT2D eigenvalue weighted by atomic mass is 10.2. The van der Waals surface area contributed by atoms with Gasteiger partial charge in [0.05, 0.1) is 6.61 Å². The predicted octanol–water partition coefficient (Wildman–Crippen LogP) is 1.85. The standard InChI is InChI=1S/C12H24N2O2/c1-11(10-16-2)9-13-12(15)14-7-5-3-4-6-8-14/h11H,3-10H2,1-2H3,(H,13,15). The molecule has 1 aliphatic heterocycles. The summed E-state index contributed by atoms with van der Waals surface area (Å²) in [6.45, 7) is 5.28. The first-order valence-corrected chi connectivity index (χ1v) is 6.25. The average molecular weight is 228 g/mol.